The summed E-state index contributed by atoms with van der Waals surface area (Å²) in [6, 6.07) is 14.0. The molecule has 3 rings (SSSR count). The molecule has 4 nitrogen and oxygen atoms in total. The quantitative estimate of drug-likeness (QED) is 0.883. The van der Waals surface area contributed by atoms with Crippen molar-refractivity contribution in [2.45, 2.75) is 39.7 Å². The molecule has 132 valence electrons. The fraction of sp³-hybridized carbons (Fsp3) is 0.381. The minimum absolute atomic E-state index is 0.145. The first-order valence-electron chi connectivity index (χ1n) is 8.92. The molecule has 1 N–H and O–H groups in total. The SMILES string of the molecule is Cc1cc(C)cc(O[C@@H](C)C(=O)Nc2ccc(N3CCCC3)cc2)c1. The zero-order valence-corrected chi connectivity index (χ0v) is 15.2. The van der Waals surface area contributed by atoms with Crippen molar-refractivity contribution in [3.63, 3.8) is 0 Å². The van der Waals surface area contributed by atoms with Crippen molar-refractivity contribution < 1.29 is 9.53 Å². The molecule has 2 aromatic carbocycles. The van der Waals surface area contributed by atoms with Gasteiger partial charge in [0.2, 0.25) is 0 Å². The molecule has 0 unspecified atom stereocenters. The van der Waals surface area contributed by atoms with Gasteiger partial charge < -0.3 is 15.0 Å². The Labute approximate surface area is 149 Å². The van der Waals surface area contributed by atoms with Crippen LogP contribution in [0.1, 0.15) is 30.9 Å². The number of hydrogen-bond acceptors (Lipinski definition) is 3. The van der Waals surface area contributed by atoms with E-state index >= 15 is 0 Å². The van der Waals surface area contributed by atoms with E-state index in [1.54, 1.807) is 6.92 Å². The summed E-state index contributed by atoms with van der Waals surface area (Å²) in [5, 5.41) is 2.93. The van der Waals surface area contributed by atoms with Crippen molar-refractivity contribution in [2.24, 2.45) is 0 Å². The maximum Gasteiger partial charge on any atom is 0.265 e. The van der Waals surface area contributed by atoms with Crippen molar-refractivity contribution in [3.05, 3.63) is 53.6 Å². The monoisotopic (exact) mass is 338 g/mol. The molecular formula is C21H26N2O2. The van der Waals surface area contributed by atoms with Crippen LogP contribution < -0.4 is 15.0 Å². The molecular weight excluding hydrogens is 312 g/mol. The Morgan fingerprint density at radius 1 is 1.04 bits per heavy atom. The van der Waals surface area contributed by atoms with Crippen LogP contribution in [0.5, 0.6) is 5.75 Å². The van der Waals surface area contributed by atoms with Gasteiger partial charge in [-0.1, -0.05) is 6.07 Å². The van der Waals surface area contributed by atoms with Crippen LogP contribution in [0, 0.1) is 13.8 Å². The van der Waals surface area contributed by atoms with Crippen LogP contribution in [0.15, 0.2) is 42.5 Å². The Bertz CT molecular complexity index is 714. The molecule has 4 heteroatoms. The summed E-state index contributed by atoms with van der Waals surface area (Å²) in [5.41, 5.74) is 4.26. The fourth-order valence-electron chi connectivity index (χ4n) is 3.23. The second-order valence-corrected chi connectivity index (χ2v) is 6.81. The van der Waals surface area contributed by atoms with Crippen LogP contribution in [0.25, 0.3) is 0 Å². The third-order valence-corrected chi connectivity index (χ3v) is 4.48. The molecule has 1 atom stereocenters. The number of nitrogens with zero attached hydrogens (tertiary/aromatic N) is 1. The van der Waals surface area contributed by atoms with Crippen LogP contribution in [-0.2, 0) is 4.79 Å². The molecule has 1 amide bonds. The highest BCUT2D eigenvalue weighted by Gasteiger charge is 2.16. The molecule has 2 aromatic rings. The second-order valence-electron chi connectivity index (χ2n) is 6.81. The minimum Gasteiger partial charge on any atom is -0.481 e. The van der Waals surface area contributed by atoms with Gasteiger partial charge in [0, 0.05) is 24.5 Å². The number of hydrogen-bond donors (Lipinski definition) is 1. The fourth-order valence-corrected chi connectivity index (χ4v) is 3.23. The largest absolute Gasteiger partial charge is 0.481 e. The molecule has 0 aliphatic carbocycles. The average Bonchev–Trinajstić information content (AvgIpc) is 3.09. The van der Waals surface area contributed by atoms with Gasteiger partial charge in [0.05, 0.1) is 0 Å². The second kappa shape index (κ2) is 7.60. The average molecular weight is 338 g/mol. The van der Waals surface area contributed by atoms with Gasteiger partial charge in [-0.2, -0.15) is 0 Å². The Hall–Kier alpha value is -2.49. The molecule has 0 aromatic heterocycles. The lowest BCUT2D eigenvalue weighted by Gasteiger charge is -2.18. The molecule has 25 heavy (non-hydrogen) atoms. The smallest absolute Gasteiger partial charge is 0.265 e. The van der Waals surface area contributed by atoms with Gasteiger partial charge in [-0.25, -0.2) is 0 Å². The van der Waals surface area contributed by atoms with Crippen LogP contribution in [0.2, 0.25) is 0 Å². The Morgan fingerprint density at radius 3 is 2.24 bits per heavy atom. The Kier molecular flexibility index (Phi) is 5.27. The van der Waals surface area contributed by atoms with Crippen molar-refractivity contribution in [2.75, 3.05) is 23.3 Å². The molecule has 1 heterocycles. The molecule has 0 spiro atoms. The zero-order chi connectivity index (χ0) is 17.8. The summed E-state index contributed by atoms with van der Waals surface area (Å²) in [6.07, 6.45) is 1.96. The Balaban J connectivity index is 1.59. The number of carbonyl (C=O) groups excluding carboxylic acids is 1. The molecule has 0 saturated carbocycles. The predicted molar refractivity (Wildman–Crippen MR) is 103 cm³/mol. The lowest BCUT2D eigenvalue weighted by atomic mass is 10.1. The van der Waals surface area contributed by atoms with Crippen LogP contribution in [0.3, 0.4) is 0 Å². The topological polar surface area (TPSA) is 41.6 Å². The van der Waals surface area contributed by atoms with Gasteiger partial charge in [-0.05, 0) is 81.1 Å². The lowest BCUT2D eigenvalue weighted by Crippen LogP contribution is -2.30. The van der Waals surface area contributed by atoms with E-state index in [9.17, 15) is 4.79 Å². The Morgan fingerprint density at radius 2 is 1.64 bits per heavy atom. The van der Waals surface area contributed by atoms with E-state index in [1.807, 2.05) is 38.1 Å². The number of nitrogens with one attached hydrogen (secondary N) is 1. The van der Waals surface area contributed by atoms with Gasteiger partial charge in [-0.3, -0.25) is 4.79 Å². The standard InChI is InChI=1S/C21H26N2O2/c1-15-12-16(2)14-20(13-15)25-17(3)21(24)22-18-6-8-19(9-7-18)23-10-4-5-11-23/h6-9,12-14,17H,4-5,10-11H2,1-3H3,(H,22,24)/t17-/m0/s1. The minimum atomic E-state index is -0.556. The summed E-state index contributed by atoms with van der Waals surface area (Å²) in [7, 11) is 0. The van der Waals surface area contributed by atoms with Crippen LogP contribution >= 0.6 is 0 Å². The first-order valence-corrected chi connectivity index (χ1v) is 8.92. The van der Waals surface area contributed by atoms with Gasteiger partial charge in [0.1, 0.15) is 5.75 Å². The summed E-state index contributed by atoms with van der Waals surface area (Å²) >= 11 is 0. The van der Waals surface area contributed by atoms with E-state index in [0.717, 1.165) is 35.7 Å². The van der Waals surface area contributed by atoms with E-state index in [1.165, 1.54) is 18.5 Å². The molecule has 1 fully saturated rings. The maximum atomic E-state index is 12.4. The van der Waals surface area contributed by atoms with Crippen molar-refractivity contribution in [1.82, 2.24) is 0 Å². The first kappa shape index (κ1) is 17.3. The van der Waals surface area contributed by atoms with Gasteiger partial charge >= 0.3 is 0 Å². The summed E-state index contributed by atoms with van der Waals surface area (Å²) in [5.74, 6) is 0.581. The van der Waals surface area contributed by atoms with E-state index in [0.29, 0.717) is 0 Å². The highest BCUT2D eigenvalue weighted by Crippen LogP contribution is 2.22. The van der Waals surface area contributed by atoms with Gasteiger partial charge in [0.25, 0.3) is 5.91 Å². The third kappa shape index (κ3) is 4.53. The van der Waals surface area contributed by atoms with E-state index < -0.39 is 6.10 Å². The van der Waals surface area contributed by atoms with Crippen molar-refractivity contribution in [3.8, 4) is 5.75 Å². The normalized spacial score (nSPS) is 15.1. The van der Waals surface area contributed by atoms with E-state index in [-0.39, 0.29) is 5.91 Å². The van der Waals surface area contributed by atoms with Crippen molar-refractivity contribution in [1.29, 1.82) is 0 Å². The lowest BCUT2D eigenvalue weighted by molar-refractivity contribution is -0.122. The maximum absolute atomic E-state index is 12.4. The number of benzene rings is 2. The predicted octanol–water partition coefficient (Wildman–Crippen LogP) is 4.31. The van der Waals surface area contributed by atoms with Gasteiger partial charge in [-0.15, -0.1) is 0 Å². The van der Waals surface area contributed by atoms with E-state index in [2.05, 4.69) is 28.4 Å². The number of carbonyl (C=O) groups is 1. The zero-order valence-electron chi connectivity index (χ0n) is 15.2. The van der Waals surface area contributed by atoms with Gasteiger partial charge in [0.15, 0.2) is 6.10 Å². The number of ether oxygens (including phenoxy) is 1. The number of aryl methyl sites for hydroxylation is 2. The molecule has 1 aliphatic heterocycles. The molecule has 0 radical (unpaired) electrons. The molecule has 0 bridgehead atoms. The highest BCUT2D eigenvalue weighted by molar-refractivity contribution is 5.94. The first-order chi connectivity index (χ1) is 12.0. The summed E-state index contributed by atoms with van der Waals surface area (Å²) in [6.45, 7) is 8.05. The van der Waals surface area contributed by atoms with E-state index in [4.69, 9.17) is 4.74 Å². The summed E-state index contributed by atoms with van der Waals surface area (Å²) < 4.78 is 5.79. The molecule has 1 aliphatic rings. The highest BCUT2D eigenvalue weighted by atomic mass is 16.5. The number of anilines is 2. The van der Waals surface area contributed by atoms with Crippen LogP contribution in [0.4, 0.5) is 11.4 Å². The number of amides is 1. The summed E-state index contributed by atoms with van der Waals surface area (Å²) in [4.78, 5) is 14.8. The number of rotatable bonds is 5. The van der Waals surface area contributed by atoms with Crippen molar-refractivity contribution >= 4 is 17.3 Å². The molecule has 1 saturated heterocycles. The van der Waals surface area contributed by atoms with Crippen LogP contribution in [-0.4, -0.2) is 25.1 Å². The third-order valence-electron chi connectivity index (χ3n) is 4.48.